The van der Waals surface area contributed by atoms with Crippen LogP contribution in [0.1, 0.15) is 23.7 Å². The highest BCUT2D eigenvalue weighted by atomic mass is 32.1. The average Bonchev–Trinajstić information content (AvgIpc) is 3.51. The van der Waals surface area contributed by atoms with E-state index in [-0.39, 0.29) is 5.91 Å². The number of carbonyl (C=O) groups excluding carboxylic acids is 1. The SMILES string of the molecule is CCOc1ccc(/C=C(/C(=O)NCCc2[nH]cnc2-c2cccs2)c2ccccc2)cc1. The van der Waals surface area contributed by atoms with Crippen molar-refractivity contribution in [3.05, 3.63) is 95.3 Å². The van der Waals surface area contributed by atoms with E-state index < -0.39 is 0 Å². The van der Waals surface area contributed by atoms with Crippen LogP contribution >= 0.6 is 11.3 Å². The van der Waals surface area contributed by atoms with Crippen molar-refractivity contribution in [2.45, 2.75) is 13.3 Å². The summed E-state index contributed by atoms with van der Waals surface area (Å²) in [5, 5.41) is 5.10. The molecule has 0 spiro atoms. The molecular formula is C26H25N3O2S. The lowest BCUT2D eigenvalue weighted by molar-refractivity contribution is -0.115. The van der Waals surface area contributed by atoms with Crippen molar-refractivity contribution < 1.29 is 9.53 Å². The number of rotatable bonds is 9. The van der Waals surface area contributed by atoms with Crippen LogP contribution < -0.4 is 10.1 Å². The van der Waals surface area contributed by atoms with Crippen LogP contribution in [0, 0.1) is 0 Å². The lowest BCUT2D eigenvalue weighted by atomic mass is 10.0. The summed E-state index contributed by atoms with van der Waals surface area (Å²) in [5.41, 5.74) is 4.40. The summed E-state index contributed by atoms with van der Waals surface area (Å²) in [6, 6.07) is 21.5. The predicted molar refractivity (Wildman–Crippen MR) is 131 cm³/mol. The topological polar surface area (TPSA) is 67.0 Å². The summed E-state index contributed by atoms with van der Waals surface area (Å²) in [6.07, 6.45) is 4.28. The van der Waals surface area contributed by atoms with E-state index in [2.05, 4.69) is 21.4 Å². The van der Waals surface area contributed by atoms with Gasteiger partial charge in [0.1, 0.15) is 11.4 Å². The highest BCUT2D eigenvalue weighted by molar-refractivity contribution is 7.13. The first kappa shape index (κ1) is 21.6. The molecule has 0 aliphatic heterocycles. The number of thiophene rings is 1. The quantitative estimate of drug-likeness (QED) is 0.267. The monoisotopic (exact) mass is 443 g/mol. The molecule has 0 saturated carbocycles. The molecule has 0 unspecified atom stereocenters. The number of carbonyl (C=O) groups is 1. The van der Waals surface area contributed by atoms with Crippen LogP contribution in [-0.2, 0) is 11.2 Å². The van der Waals surface area contributed by atoms with Gasteiger partial charge >= 0.3 is 0 Å². The van der Waals surface area contributed by atoms with E-state index in [1.807, 2.05) is 79.0 Å². The van der Waals surface area contributed by atoms with Crippen LogP contribution in [0.3, 0.4) is 0 Å². The van der Waals surface area contributed by atoms with Gasteiger partial charge in [-0.15, -0.1) is 11.3 Å². The molecule has 162 valence electrons. The third-order valence-electron chi connectivity index (χ3n) is 4.96. The fourth-order valence-corrected chi connectivity index (χ4v) is 4.17. The van der Waals surface area contributed by atoms with Gasteiger partial charge < -0.3 is 15.0 Å². The van der Waals surface area contributed by atoms with Gasteiger partial charge in [-0.2, -0.15) is 0 Å². The lowest BCUT2D eigenvalue weighted by Gasteiger charge is -2.10. The summed E-state index contributed by atoms with van der Waals surface area (Å²) < 4.78 is 5.52. The van der Waals surface area contributed by atoms with Gasteiger partial charge in [-0.05, 0) is 47.7 Å². The Hall–Kier alpha value is -3.64. The highest BCUT2D eigenvalue weighted by Crippen LogP contribution is 2.25. The Labute approximate surface area is 191 Å². The molecule has 2 aromatic heterocycles. The third-order valence-corrected chi connectivity index (χ3v) is 5.84. The van der Waals surface area contributed by atoms with Crippen molar-refractivity contribution in [1.82, 2.24) is 15.3 Å². The standard InChI is InChI=1S/C26H25N3O2S/c1-2-31-21-12-10-19(11-13-21)17-22(20-7-4-3-5-8-20)26(30)27-15-14-23-25(29-18-28-23)24-9-6-16-32-24/h3-13,16-18H,2,14-15H2,1H3,(H,27,30)(H,28,29)/b22-17+. The zero-order valence-electron chi connectivity index (χ0n) is 17.9. The molecule has 4 rings (SSSR count). The number of hydrogen-bond acceptors (Lipinski definition) is 4. The molecule has 5 nitrogen and oxygen atoms in total. The van der Waals surface area contributed by atoms with E-state index in [1.165, 1.54) is 0 Å². The summed E-state index contributed by atoms with van der Waals surface area (Å²) in [5.74, 6) is 0.707. The molecule has 0 atom stereocenters. The fourth-order valence-electron chi connectivity index (χ4n) is 3.42. The van der Waals surface area contributed by atoms with Gasteiger partial charge in [0.05, 0.1) is 17.8 Å². The number of nitrogens with one attached hydrogen (secondary N) is 2. The highest BCUT2D eigenvalue weighted by Gasteiger charge is 2.14. The average molecular weight is 444 g/mol. The van der Waals surface area contributed by atoms with Crippen molar-refractivity contribution in [3.8, 4) is 16.3 Å². The molecule has 4 aromatic rings. The van der Waals surface area contributed by atoms with Crippen molar-refractivity contribution in [2.24, 2.45) is 0 Å². The molecule has 2 N–H and O–H groups in total. The second kappa shape index (κ2) is 10.6. The number of H-pyrrole nitrogens is 1. The van der Waals surface area contributed by atoms with E-state index in [9.17, 15) is 4.79 Å². The van der Waals surface area contributed by atoms with Gasteiger partial charge in [0.15, 0.2) is 0 Å². The predicted octanol–water partition coefficient (Wildman–Crippen LogP) is 5.44. The number of imidazole rings is 1. The molecule has 2 heterocycles. The Kier molecular flexibility index (Phi) is 7.15. The van der Waals surface area contributed by atoms with Gasteiger partial charge in [0.25, 0.3) is 5.91 Å². The molecule has 2 aromatic carbocycles. The van der Waals surface area contributed by atoms with E-state index in [1.54, 1.807) is 17.7 Å². The van der Waals surface area contributed by atoms with Crippen LogP contribution in [0.2, 0.25) is 0 Å². The van der Waals surface area contributed by atoms with E-state index in [4.69, 9.17) is 4.74 Å². The molecule has 0 aliphatic rings. The Balaban J connectivity index is 1.48. The number of aromatic nitrogens is 2. The van der Waals surface area contributed by atoms with Crippen LogP contribution in [0.4, 0.5) is 0 Å². The van der Waals surface area contributed by atoms with Crippen LogP contribution in [0.15, 0.2) is 78.4 Å². The molecule has 0 radical (unpaired) electrons. The maximum Gasteiger partial charge on any atom is 0.251 e. The lowest BCUT2D eigenvalue weighted by Crippen LogP contribution is -2.26. The zero-order valence-corrected chi connectivity index (χ0v) is 18.7. The van der Waals surface area contributed by atoms with Gasteiger partial charge in [-0.3, -0.25) is 4.79 Å². The number of hydrogen-bond donors (Lipinski definition) is 2. The van der Waals surface area contributed by atoms with Crippen LogP contribution in [0.5, 0.6) is 5.75 Å². The smallest absolute Gasteiger partial charge is 0.251 e. The van der Waals surface area contributed by atoms with Gasteiger partial charge in [-0.1, -0.05) is 48.5 Å². The second-order valence-corrected chi connectivity index (χ2v) is 8.09. The molecule has 0 fully saturated rings. The van der Waals surface area contributed by atoms with Gasteiger partial charge in [-0.25, -0.2) is 4.98 Å². The Morgan fingerprint density at radius 2 is 1.91 bits per heavy atom. The van der Waals surface area contributed by atoms with Crippen molar-refractivity contribution in [3.63, 3.8) is 0 Å². The van der Waals surface area contributed by atoms with E-state index in [0.717, 1.165) is 33.1 Å². The number of nitrogens with zero attached hydrogens (tertiary/aromatic N) is 1. The zero-order chi connectivity index (χ0) is 22.2. The molecule has 32 heavy (non-hydrogen) atoms. The number of ether oxygens (including phenoxy) is 1. The Morgan fingerprint density at radius 3 is 2.62 bits per heavy atom. The van der Waals surface area contributed by atoms with Crippen molar-refractivity contribution >= 4 is 28.9 Å². The van der Waals surface area contributed by atoms with Crippen LogP contribution in [0.25, 0.3) is 22.2 Å². The summed E-state index contributed by atoms with van der Waals surface area (Å²) in [7, 11) is 0. The maximum absolute atomic E-state index is 13.1. The summed E-state index contributed by atoms with van der Waals surface area (Å²) >= 11 is 1.65. The molecule has 6 heteroatoms. The van der Waals surface area contributed by atoms with Gasteiger partial charge in [0, 0.05) is 24.2 Å². The molecular weight excluding hydrogens is 418 g/mol. The minimum Gasteiger partial charge on any atom is -0.494 e. The minimum atomic E-state index is -0.109. The Bertz CT molecular complexity index is 1160. The number of amides is 1. The first-order valence-electron chi connectivity index (χ1n) is 10.6. The first-order chi connectivity index (χ1) is 15.7. The number of benzene rings is 2. The van der Waals surface area contributed by atoms with E-state index >= 15 is 0 Å². The van der Waals surface area contributed by atoms with E-state index in [0.29, 0.717) is 25.1 Å². The molecule has 1 amide bonds. The van der Waals surface area contributed by atoms with Crippen molar-refractivity contribution in [1.29, 1.82) is 0 Å². The normalized spacial score (nSPS) is 11.3. The van der Waals surface area contributed by atoms with Crippen LogP contribution in [-0.4, -0.2) is 29.0 Å². The Morgan fingerprint density at radius 1 is 1.09 bits per heavy atom. The molecule has 0 bridgehead atoms. The molecule has 0 aliphatic carbocycles. The summed E-state index contributed by atoms with van der Waals surface area (Å²) in [6.45, 7) is 3.09. The van der Waals surface area contributed by atoms with Gasteiger partial charge in [0.2, 0.25) is 0 Å². The second-order valence-electron chi connectivity index (χ2n) is 7.14. The third kappa shape index (κ3) is 5.34. The first-order valence-corrected chi connectivity index (χ1v) is 11.5. The minimum absolute atomic E-state index is 0.109. The van der Waals surface area contributed by atoms with Crippen molar-refractivity contribution in [2.75, 3.05) is 13.2 Å². The molecule has 0 saturated heterocycles. The fraction of sp³-hybridized carbons (Fsp3) is 0.154. The number of aromatic amines is 1. The maximum atomic E-state index is 13.1. The largest absolute Gasteiger partial charge is 0.494 e. The summed E-state index contributed by atoms with van der Waals surface area (Å²) in [4.78, 5) is 21.9.